The van der Waals surface area contributed by atoms with Crippen LogP contribution in [0.4, 0.5) is 18.9 Å². The Balaban J connectivity index is 1.79. The molecule has 2 aromatic heterocycles. The van der Waals surface area contributed by atoms with Crippen molar-refractivity contribution in [3.8, 4) is 16.9 Å². The number of carbonyl (C=O) groups is 1. The highest BCUT2D eigenvalue weighted by molar-refractivity contribution is 7.92. The molecule has 0 unspecified atom stereocenters. The summed E-state index contributed by atoms with van der Waals surface area (Å²) in [5.41, 5.74) is 0.808. The van der Waals surface area contributed by atoms with E-state index in [1.807, 2.05) is 0 Å². The lowest BCUT2D eigenvalue weighted by atomic mass is 10.00. The van der Waals surface area contributed by atoms with Gasteiger partial charge in [-0.1, -0.05) is 12.1 Å². The summed E-state index contributed by atoms with van der Waals surface area (Å²) in [5.74, 6) is -4.00. The molecule has 2 heterocycles. The molecule has 0 amide bonds. The summed E-state index contributed by atoms with van der Waals surface area (Å²) in [7, 11) is -3.49. The molecule has 0 aliphatic heterocycles. The molecular weight excluding hydrogens is 459 g/mol. The van der Waals surface area contributed by atoms with E-state index in [0.717, 1.165) is 18.4 Å². The van der Waals surface area contributed by atoms with Gasteiger partial charge in [0.25, 0.3) is 0 Å². The fourth-order valence-electron chi connectivity index (χ4n) is 3.37. The van der Waals surface area contributed by atoms with Crippen LogP contribution in [0.1, 0.15) is 15.9 Å². The van der Waals surface area contributed by atoms with E-state index in [1.165, 1.54) is 12.4 Å². The van der Waals surface area contributed by atoms with Crippen molar-refractivity contribution in [1.82, 2.24) is 9.97 Å². The topological polar surface area (TPSA) is 101 Å². The number of aromatic amines is 1. The van der Waals surface area contributed by atoms with Gasteiger partial charge >= 0.3 is 0 Å². The van der Waals surface area contributed by atoms with E-state index in [1.54, 1.807) is 30.3 Å². The van der Waals surface area contributed by atoms with E-state index < -0.39 is 45.6 Å². The molecule has 0 fully saturated rings. The van der Waals surface area contributed by atoms with E-state index in [4.69, 9.17) is 0 Å². The number of aromatic nitrogens is 2. The van der Waals surface area contributed by atoms with Crippen molar-refractivity contribution in [3.63, 3.8) is 0 Å². The zero-order valence-corrected chi connectivity index (χ0v) is 17.8. The molecule has 7 nitrogen and oxygen atoms in total. The number of ether oxygens (including phenoxy) is 1. The Labute approximate surface area is 186 Å². The maximum atomic E-state index is 14.7. The maximum Gasteiger partial charge on any atom is 0.229 e. The predicted octanol–water partition coefficient (Wildman–Crippen LogP) is 4.42. The zero-order chi connectivity index (χ0) is 23.8. The molecule has 33 heavy (non-hydrogen) atoms. The SMILES string of the molecule is CS(=O)(=O)Nc1cccc(-c2cnc3[nH]cc(C(=O)c4c(F)ccc(OCF)c4F)c3c2)c1. The molecule has 4 rings (SSSR count). The number of benzene rings is 2. The summed E-state index contributed by atoms with van der Waals surface area (Å²) in [6, 6.07) is 9.80. The van der Waals surface area contributed by atoms with Crippen LogP contribution < -0.4 is 9.46 Å². The predicted molar refractivity (Wildman–Crippen MR) is 116 cm³/mol. The Bertz CT molecular complexity index is 1490. The smallest absolute Gasteiger partial charge is 0.229 e. The van der Waals surface area contributed by atoms with Crippen LogP contribution in [-0.2, 0) is 10.0 Å². The van der Waals surface area contributed by atoms with Gasteiger partial charge in [0.15, 0.2) is 11.6 Å². The van der Waals surface area contributed by atoms with Gasteiger partial charge in [0.05, 0.1) is 11.8 Å². The first-order valence-corrected chi connectivity index (χ1v) is 11.3. The largest absolute Gasteiger partial charge is 0.460 e. The Morgan fingerprint density at radius 1 is 1.15 bits per heavy atom. The second kappa shape index (κ2) is 8.58. The number of rotatable bonds is 7. The highest BCUT2D eigenvalue weighted by Crippen LogP contribution is 2.30. The van der Waals surface area contributed by atoms with Gasteiger partial charge in [-0.05, 0) is 35.9 Å². The lowest BCUT2D eigenvalue weighted by molar-refractivity contribution is 0.103. The van der Waals surface area contributed by atoms with Crippen molar-refractivity contribution >= 4 is 32.5 Å². The molecule has 0 radical (unpaired) electrons. The molecule has 4 aromatic rings. The van der Waals surface area contributed by atoms with Crippen molar-refractivity contribution in [2.75, 3.05) is 17.8 Å². The van der Waals surface area contributed by atoms with Crippen molar-refractivity contribution in [2.24, 2.45) is 0 Å². The summed E-state index contributed by atoms with van der Waals surface area (Å²) in [6.45, 7) is -1.34. The first kappa shape index (κ1) is 22.3. The number of fused-ring (bicyclic) bond motifs is 1. The number of nitrogens with one attached hydrogen (secondary N) is 2. The van der Waals surface area contributed by atoms with Crippen molar-refractivity contribution < 1.29 is 31.1 Å². The van der Waals surface area contributed by atoms with Crippen molar-refractivity contribution in [2.45, 2.75) is 0 Å². The van der Waals surface area contributed by atoms with E-state index in [2.05, 4.69) is 19.4 Å². The van der Waals surface area contributed by atoms with Crippen LogP contribution in [0, 0.1) is 11.6 Å². The third-order valence-electron chi connectivity index (χ3n) is 4.77. The summed E-state index contributed by atoms with van der Waals surface area (Å²) < 4.78 is 71.3. The monoisotopic (exact) mass is 475 g/mol. The Morgan fingerprint density at radius 3 is 2.67 bits per heavy atom. The molecule has 170 valence electrons. The molecule has 0 spiro atoms. The van der Waals surface area contributed by atoms with Crippen molar-refractivity contribution in [3.05, 3.63) is 77.6 Å². The standard InChI is InChI=1S/C22H16F3N3O4S/c1-33(30,31)28-14-4-2-3-12(7-14)13-8-15-16(10-27-22(15)26-9-13)21(29)19-17(24)5-6-18(20(19)25)32-11-23/h2-10,28H,11H2,1H3,(H,26,27). The Hall–Kier alpha value is -3.86. The molecule has 0 saturated heterocycles. The number of ketones is 1. The number of hydrogen-bond donors (Lipinski definition) is 2. The van der Waals surface area contributed by atoms with Gasteiger partial charge in [0, 0.05) is 34.6 Å². The molecule has 0 bridgehead atoms. The molecule has 0 aliphatic carbocycles. The number of pyridine rings is 1. The van der Waals surface area contributed by atoms with Crippen LogP contribution in [0.3, 0.4) is 0 Å². The van der Waals surface area contributed by atoms with Gasteiger partial charge in [-0.25, -0.2) is 26.6 Å². The minimum Gasteiger partial charge on any atom is -0.460 e. The highest BCUT2D eigenvalue weighted by Gasteiger charge is 2.25. The van der Waals surface area contributed by atoms with Crippen LogP contribution in [-0.4, -0.2) is 37.3 Å². The summed E-state index contributed by atoms with van der Waals surface area (Å²) in [6.07, 6.45) is 3.80. The summed E-state index contributed by atoms with van der Waals surface area (Å²) >= 11 is 0. The average molecular weight is 475 g/mol. The van der Waals surface area contributed by atoms with Gasteiger partial charge in [-0.2, -0.15) is 0 Å². The molecule has 2 aromatic carbocycles. The molecule has 0 saturated carbocycles. The van der Waals surface area contributed by atoms with Gasteiger partial charge < -0.3 is 9.72 Å². The Kier molecular flexibility index (Phi) is 5.81. The second-order valence-electron chi connectivity index (χ2n) is 7.09. The van der Waals surface area contributed by atoms with Gasteiger partial charge in [0.2, 0.25) is 22.7 Å². The highest BCUT2D eigenvalue weighted by atomic mass is 32.2. The van der Waals surface area contributed by atoms with Crippen LogP contribution >= 0.6 is 0 Å². The number of nitrogens with zero attached hydrogens (tertiary/aromatic N) is 1. The quantitative estimate of drug-likeness (QED) is 0.386. The molecule has 11 heteroatoms. The molecule has 0 aliphatic rings. The maximum absolute atomic E-state index is 14.7. The Morgan fingerprint density at radius 2 is 1.94 bits per heavy atom. The second-order valence-corrected chi connectivity index (χ2v) is 8.84. The van der Waals surface area contributed by atoms with Crippen LogP contribution in [0.2, 0.25) is 0 Å². The van der Waals surface area contributed by atoms with E-state index in [-0.39, 0.29) is 10.9 Å². The normalized spacial score (nSPS) is 11.5. The molecular formula is C22H16F3N3O4S. The number of carbonyl (C=O) groups excluding carboxylic acids is 1. The third-order valence-corrected chi connectivity index (χ3v) is 5.37. The minimum absolute atomic E-state index is 0.0556. The lowest BCUT2D eigenvalue weighted by Gasteiger charge is -2.09. The number of halogens is 3. The van der Waals surface area contributed by atoms with Crippen LogP contribution in [0.5, 0.6) is 5.75 Å². The van der Waals surface area contributed by atoms with Gasteiger partial charge in [-0.3, -0.25) is 9.52 Å². The van der Waals surface area contributed by atoms with Crippen LogP contribution in [0.25, 0.3) is 22.2 Å². The number of H-pyrrole nitrogens is 1. The van der Waals surface area contributed by atoms with E-state index >= 15 is 0 Å². The number of alkyl halides is 1. The van der Waals surface area contributed by atoms with Crippen LogP contribution in [0.15, 0.2) is 54.9 Å². The van der Waals surface area contributed by atoms with Gasteiger partial charge in [0.1, 0.15) is 11.5 Å². The van der Waals surface area contributed by atoms with E-state index in [9.17, 15) is 26.4 Å². The van der Waals surface area contributed by atoms with E-state index in [0.29, 0.717) is 22.5 Å². The first-order chi connectivity index (χ1) is 15.7. The minimum atomic E-state index is -3.49. The number of sulfonamides is 1. The zero-order valence-electron chi connectivity index (χ0n) is 17.0. The average Bonchev–Trinajstić information content (AvgIpc) is 3.18. The molecule has 0 atom stereocenters. The molecule has 2 N–H and O–H groups in total. The summed E-state index contributed by atoms with van der Waals surface area (Å²) in [4.78, 5) is 20.0. The lowest BCUT2D eigenvalue weighted by Crippen LogP contribution is -2.09. The first-order valence-electron chi connectivity index (χ1n) is 9.45. The third kappa shape index (κ3) is 4.53. The number of hydrogen-bond acceptors (Lipinski definition) is 5. The summed E-state index contributed by atoms with van der Waals surface area (Å²) in [5, 5.41) is 0.287. The fraction of sp³-hybridized carbons (Fsp3) is 0.0909. The van der Waals surface area contributed by atoms with Gasteiger partial charge in [-0.15, -0.1) is 0 Å². The fourth-order valence-corrected chi connectivity index (χ4v) is 3.93. The number of anilines is 1. The van der Waals surface area contributed by atoms with Crippen molar-refractivity contribution in [1.29, 1.82) is 0 Å².